The molecule has 0 aliphatic carbocycles. The van der Waals surface area contributed by atoms with Crippen LogP contribution in [0.3, 0.4) is 0 Å². The van der Waals surface area contributed by atoms with Crippen LogP contribution in [0.1, 0.15) is 11.6 Å². The van der Waals surface area contributed by atoms with E-state index >= 15 is 0 Å². The van der Waals surface area contributed by atoms with Gasteiger partial charge in [0, 0.05) is 0 Å². The molecule has 2 saturated heterocycles. The number of benzene rings is 3. The summed E-state index contributed by atoms with van der Waals surface area (Å²) in [5.41, 5.74) is 1.99. The first-order valence-electron chi connectivity index (χ1n) is 9.34. The molecule has 3 aromatic carbocycles. The Bertz CT molecular complexity index is 1060. The Hall–Kier alpha value is -3.51. The number of halogens is 1. The normalized spacial score (nSPS) is 23.6. The molecule has 0 spiro atoms. The van der Waals surface area contributed by atoms with Gasteiger partial charge in [0.25, 0.3) is 5.91 Å². The lowest BCUT2D eigenvalue weighted by Gasteiger charge is -2.28. The smallest absolute Gasteiger partial charge is 0.266 e. The molecule has 0 N–H and O–H groups in total. The fraction of sp³-hybridized carbons (Fsp3) is 0.130. The third-order valence-electron chi connectivity index (χ3n) is 5.35. The third-order valence-corrected chi connectivity index (χ3v) is 5.35. The molecule has 0 aromatic heterocycles. The van der Waals surface area contributed by atoms with Gasteiger partial charge in [0.15, 0.2) is 6.10 Å². The molecule has 0 unspecified atom stereocenters. The van der Waals surface area contributed by atoms with Gasteiger partial charge in [0.05, 0.1) is 17.4 Å². The summed E-state index contributed by atoms with van der Waals surface area (Å²) < 4.78 is 13.3. The summed E-state index contributed by atoms with van der Waals surface area (Å²) in [4.78, 5) is 33.6. The second-order valence-electron chi connectivity index (χ2n) is 7.06. The molecule has 2 amide bonds. The maximum Gasteiger partial charge on any atom is 0.266 e. The number of hydroxylamine groups is 1. The van der Waals surface area contributed by atoms with E-state index in [4.69, 9.17) is 4.84 Å². The quantitative estimate of drug-likeness (QED) is 0.639. The third kappa shape index (κ3) is 2.80. The summed E-state index contributed by atoms with van der Waals surface area (Å²) in [6.07, 6.45) is -0.932. The van der Waals surface area contributed by atoms with Crippen molar-refractivity contribution >= 4 is 23.2 Å². The van der Waals surface area contributed by atoms with Crippen molar-refractivity contribution in [1.29, 1.82) is 0 Å². The van der Waals surface area contributed by atoms with E-state index in [1.807, 2.05) is 60.7 Å². The molecule has 3 aromatic rings. The zero-order chi connectivity index (χ0) is 20.0. The molecule has 0 saturated carbocycles. The zero-order valence-corrected chi connectivity index (χ0v) is 15.3. The first-order valence-corrected chi connectivity index (χ1v) is 9.34. The second-order valence-corrected chi connectivity index (χ2v) is 7.06. The van der Waals surface area contributed by atoms with E-state index in [1.54, 1.807) is 5.06 Å². The summed E-state index contributed by atoms with van der Waals surface area (Å²) in [6, 6.07) is 23.8. The van der Waals surface area contributed by atoms with Gasteiger partial charge in [0.2, 0.25) is 5.91 Å². The summed E-state index contributed by atoms with van der Waals surface area (Å²) in [6.45, 7) is 0. The average Bonchev–Trinajstić information content (AvgIpc) is 3.27. The average molecular weight is 388 g/mol. The fourth-order valence-corrected chi connectivity index (χ4v) is 4.05. The Morgan fingerprint density at radius 3 is 2.00 bits per heavy atom. The molecular formula is C23H17FN2O3. The molecule has 5 rings (SSSR count). The SMILES string of the molecule is O=C1[C@H]2[C@@H](ON(c3ccccc3)[C@H]2c2ccccc2)C(=O)N1c1ccc(F)cc1. The van der Waals surface area contributed by atoms with Gasteiger partial charge in [-0.2, -0.15) is 0 Å². The molecule has 2 heterocycles. The molecule has 2 aliphatic rings. The number of hydrogen-bond acceptors (Lipinski definition) is 4. The standard InChI is InChI=1S/C23H17FN2O3/c24-16-11-13-17(14-12-16)25-22(27)19-20(15-7-3-1-4-8-15)26(29-21(19)23(25)28)18-9-5-2-6-10-18/h1-14,19-21H/t19-,20+,21-/m1/s1. The van der Waals surface area contributed by atoms with E-state index in [1.165, 1.54) is 24.3 Å². The Kier molecular flexibility index (Phi) is 4.14. The monoisotopic (exact) mass is 388 g/mol. The van der Waals surface area contributed by atoms with Gasteiger partial charge >= 0.3 is 0 Å². The van der Waals surface area contributed by atoms with Gasteiger partial charge in [0.1, 0.15) is 11.7 Å². The minimum absolute atomic E-state index is 0.345. The van der Waals surface area contributed by atoms with Crippen molar-refractivity contribution in [1.82, 2.24) is 0 Å². The number of para-hydroxylation sites is 1. The maximum atomic E-state index is 13.3. The maximum absolute atomic E-state index is 13.3. The second kappa shape index (κ2) is 6.83. The lowest BCUT2D eigenvalue weighted by Crippen LogP contribution is -2.37. The van der Waals surface area contributed by atoms with Crippen LogP contribution in [0.2, 0.25) is 0 Å². The van der Waals surface area contributed by atoms with Crippen LogP contribution < -0.4 is 9.96 Å². The van der Waals surface area contributed by atoms with E-state index in [9.17, 15) is 14.0 Å². The minimum Gasteiger partial charge on any atom is -0.273 e. The van der Waals surface area contributed by atoms with Crippen LogP contribution in [0.5, 0.6) is 0 Å². The van der Waals surface area contributed by atoms with Crippen LogP contribution in [-0.2, 0) is 14.4 Å². The van der Waals surface area contributed by atoms with Crippen molar-refractivity contribution in [2.45, 2.75) is 12.1 Å². The summed E-state index contributed by atoms with van der Waals surface area (Å²) in [5, 5.41) is 1.66. The molecule has 0 radical (unpaired) electrons. The molecule has 2 aliphatic heterocycles. The number of anilines is 2. The first-order chi connectivity index (χ1) is 14.1. The van der Waals surface area contributed by atoms with E-state index in [0.717, 1.165) is 16.2 Å². The molecule has 3 atom stereocenters. The van der Waals surface area contributed by atoms with Crippen LogP contribution in [0, 0.1) is 11.7 Å². The van der Waals surface area contributed by atoms with Crippen LogP contribution in [-0.4, -0.2) is 17.9 Å². The number of imide groups is 1. The van der Waals surface area contributed by atoms with Crippen molar-refractivity contribution in [2.24, 2.45) is 5.92 Å². The highest BCUT2D eigenvalue weighted by Gasteiger charge is 2.60. The van der Waals surface area contributed by atoms with Gasteiger partial charge in [-0.05, 0) is 42.0 Å². The van der Waals surface area contributed by atoms with Gasteiger partial charge in [-0.1, -0.05) is 48.5 Å². The van der Waals surface area contributed by atoms with Crippen molar-refractivity contribution in [2.75, 3.05) is 9.96 Å². The van der Waals surface area contributed by atoms with Gasteiger partial charge < -0.3 is 0 Å². The predicted octanol–water partition coefficient (Wildman–Crippen LogP) is 3.88. The van der Waals surface area contributed by atoms with Gasteiger partial charge in [-0.25, -0.2) is 14.4 Å². The van der Waals surface area contributed by atoms with E-state index in [-0.39, 0.29) is 5.91 Å². The Labute approximate surface area is 166 Å². The number of hydrogen-bond donors (Lipinski definition) is 0. The number of carbonyl (C=O) groups is 2. The number of fused-ring (bicyclic) bond motifs is 1. The number of amides is 2. The summed E-state index contributed by atoms with van der Waals surface area (Å²) >= 11 is 0. The van der Waals surface area contributed by atoms with Gasteiger partial charge in [-0.15, -0.1) is 0 Å². The van der Waals surface area contributed by atoms with Crippen LogP contribution in [0.25, 0.3) is 0 Å². The molecule has 0 bridgehead atoms. The molecule has 144 valence electrons. The number of rotatable bonds is 3. The fourth-order valence-electron chi connectivity index (χ4n) is 4.05. The van der Waals surface area contributed by atoms with Gasteiger partial charge in [-0.3, -0.25) is 14.4 Å². The summed E-state index contributed by atoms with van der Waals surface area (Å²) in [5.74, 6) is -1.92. The minimum atomic E-state index is -0.932. The van der Waals surface area contributed by atoms with Crippen molar-refractivity contribution in [3.63, 3.8) is 0 Å². The topological polar surface area (TPSA) is 49.9 Å². The zero-order valence-electron chi connectivity index (χ0n) is 15.3. The Balaban J connectivity index is 1.58. The predicted molar refractivity (Wildman–Crippen MR) is 105 cm³/mol. The molecule has 2 fully saturated rings. The number of carbonyl (C=O) groups excluding carboxylic acids is 2. The van der Waals surface area contributed by atoms with Crippen LogP contribution >= 0.6 is 0 Å². The lowest BCUT2D eigenvalue weighted by molar-refractivity contribution is -0.126. The van der Waals surface area contributed by atoms with E-state index < -0.39 is 29.8 Å². The van der Waals surface area contributed by atoms with Crippen LogP contribution in [0.4, 0.5) is 15.8 Å². The lowest BCUT2D eigenvalue weighted by atomic mass is 9.90. The highest BCUT2D eigenvalue weighted by molar-refractivity contribution is 6.23. The van der Waals surface area contributed by atoms with E-state index in [0.29, 0.717) is 5.69 Å². The first kappa shape index (κ1) is 17.6. The Morgan fingerprint density at radius 2 is 1.34 bits per heavy atom. The molecule has 6 heteroatoms. The molecule has 29 heavy (non-hydrogen) atoms. The highest BCUT2D eigenvalue weighted by Crippen LogP contribution is 2.47. The van der Waals surface area contributed by atoms with Crippen molar-refractivity contribution in [3.05, 3.63) is 96.3 Å². The number of nitrogens with zero attached hydrogens (tertiary/aromatic N) is 2. The van der Waals surface area contributed by atoms with Crippen molar-refractivity contribution in [3.8, 4) is 0 Å². The van der Waals surface area contributed by atoms with Crippen LogP contribution in [0.15, 0.2) is 84.9 Å². The molecule has 5 nitrogen and oxygen atoms in total. The van der Waals surface area contributed by atoms with Crippen molar-refractivity contribution < 1.29 is 18.8 Å². The largest absolute Gasteiger partial charge is 0.273 e. The highest BCUT2D eigenvalue weighted by atomic mass is 19.1. The summed E-state index contributed by atoms with van der Waals surface area (Å²) in [7, 11) is 0. The molecular weight excluding hydrogens is 371 g/mol. The Morgan fingerprint density at radius 1 is 0.724 bits per heavy atom. The van der Waals surface area contributed by atoms with E-state index in [2.05, 4.69) is 0 Å².